The summed E-state index contributed by atoms with van der Waals surface area (Å²) in [5, 5.41) is 11.7. The fourth-order valence-electron chi connectivity index (χ4n) is 2.80. The summed E-state index contributed by atoms with van der Waals surface area (Å²) in [5.41, 5.74) is 0.741. The van der Waals surface area contributed by atoms with Gasteiger partial charge in [-0.15, -0.1) is 0 Å². The molecule has 4 heteroatoms. The van der Waals surface area contributed by atoms with Crippen molar-refractivity contribution in [2.45, 2.75) is 19.6 Å². The maximum atomic E-state index is 9.42. The van der Waals surface area contributed by atoms with E-state index in [-0.39, 0.29) is 6.61 Å². The van der Waals surface area contributed by atoms with E-state index >= 15 is 0 Å². The highest BCUT2D eigenvalue weighted by molar-refractivity contribution is 5.92. The van der Waals surface area contributed by atoms with E-state index in [1.54, 1.807) is 0 Å². The topological polar surface area (TPSA) is 39.6 Å². The van der Waals surface area contributed by atoms with Gasteiger partial charge in [0.1, 0.15) is 5.82 Å². The molecular formula is C16H21N3O. The Labute approximate surface area is 119 Å². The predicted molar refractivity (Wildman–Crippen MR) is 82.0 cm³/mol. The highest BCUT2D eigenvalue weighted by Crippen LogP contribution is 2.27. The second-order valence-corrected chi connectivity index (χ2v) is 5.59. The summed E-state index contributed by atoms with van der Waals surface area (Å²) < 4.78 is 0. The molecule has 0 aliphatic carbocycles. The summed E-state index contributed by atoms with van der Waals surface area (Å²) in [6.07, 6.45) is 0. The first-order valence-corrected chi connectivity index (χ1v) is 7.13. The molecule has 106 valence electrons. The van der Waals surface area contributed by atoms with Gasteiger partial charge in [0, 0.05) is 31.1 Å². The second-order valence-electron chi connectivity index (χ2n) is 5.59. The molecule has 0 bridgehead atoms. The quantitative estimate of drug-likeness (QED) is 0.905. The van der Waals surface area contributed by atoms with Gasteiger partial charge in [0.2, 0.25) is 0 Å². The number of likely N-dealkylation sites (N-methyl/N-ethyl adjacent to an activating group) is 1. The van der Waals surface area contributed by atoms with E-state index in [4.69, 9.17) is 0 Å². The average molecular weight is 271 g/mol. The maximum Gasteiger partial charge on any atom is 0.136 e. The number of anilines is 1. The number of rotatable bonds is 2. The molecule has 1 aliphatic heterocycles. The first-order chi connectivity index (χ1) is 9.69. The van der Waals surface area contributed by atoms with Gasteiger partial charge in [-0.2, -0.15) is 0 Å². The largest absolute Gasteiger partial charge is 0.390 e. The number of benzene rings is 1. The standard InChI is InChI=1S/C16H21N3O/c1-12-10-19(8-7-18(12)2)16-15-6-4-3-5-13(15)9-14(11-20)17-16/h3-6,9,12,20H,7-8,10-11H2,1-2H3. The Kier molecular flexibility index (Phi) is 3.59. The zero-order chi connectivity index (χ0) is 14.1. The van der Waals surface area contributed by atoms with Gasteiger partial charge in [-0.25, -0.2) is 4.98 Å². The van der Waals surface area contributed by atoms with E-state index in [1.807, 2.05) is 18.2 Å². The molecule has 1 atom stereocenters. The predicted octanol–water partition coefficient (Wildman–Crippen LogP) is 1.87. The Balaban J connectivity index is 2.05. The minimum atomic E-state index is -0.0128. The molecule has 1 saturated heterocycles. The Morgan fingerprint density at radius 2 is 2.10 bits per heavy atom. The molecule has 2 aromatic rings. The van der Waals surface area contributed by atoms with Gasteiger partial charge in [-0.3, -0.25) is 0 Å². The molecule has 0 radical (unpaired) electrons. The SMILES string of the molecule is CC1CN(c2nc(CO)cc3ccccc23)CCN1C. The summed E-state index contributed by atoms with van der Waals surface area (Å²) in [7, 11) is 2.16. The average Bonchev–Trinajstić information content (AvgIpc) is 2.49. The minimum absolute atomic E-state index is 0.0128. The number of fused-ring (bicyclic) bond motifs is 1. The van der Waals surface area contributed by atoms with Crippen LogP contribution in [0.4, 0.5) is 5.82 Å². The summed E-state index contributed by atoms with van der Waals surface area (Å²) in [5.74, 6) is 1.01. The molecule has 0 saturated carbocycles. The maximum absolute atomic E-state index is 9.42. The van der Waals surface area contributed by atoms with E-state index in [0.717, 1.165) is 36.5 Å². The summed E-state index contributed by atoms with van der Waals surface area (Å²) in [6.45, 7) is 5.22. The number of nitrogens with zero attached hydrogens (tertiary/aromatic N) is 3. The lowest BCUT2D eigenvalue weighted by atomic mass is 10.1. The molecule has 4 nitrogen and oxygen atoms in total. The van der Waals surface area contributed by atoms with E-state index < -0.39 is 0 Å². The molecule has 3 rings (SSSR count). The highest BCUT2D eigenvalue weighted by Gasteiger charge is 2.23. The van der Waals surface area contributed by atoms with E-state index in [1.165, 1.54) is 5.39 Å². The molecule has 1 aromatic carbocycles. The second kappa shape index (κ2) is 5.38. The molecule has 0 amide bonds. The van der Waals surface area contributed by atoms with Crippen molar-refractivity contribution in [3.63, 3.8) is 0 Å². The first-order valence-electron chi connectivity index (χ1n) is 7.13. The van der Waals surface area contributed by atoms with Crippen LogP contribution in [0.2, 0.25) is 0 Å². The van der Waals surface area contributed by atoms with Gasteiger partial charge in [0.05, 0.1) is 12.3 Å². The van der Waals surface area contributed by atoms with Crippen molar-refractivity contribution in [2.24, 2.45) is 0 Å². The minimum Gasteiger partial charge on any atom is -0.390 e. The van der Waals surface area contributed by atoms with Crippen molar-refractivity contribution < 1.29 is 5.11 Å². The fraction of sp³-hybridized carbons (Fsp3) is 0.438. The van der Waals surface area contributed by atoms with Crippen LogP contribution in [0.1, 0.15) is 12.6 Å². The van der Waals surface area contributed by atoms with Gasteiger partial charge in [-0.05, 0) is 25.4 Å². The van der Waals surface area contributed by atoms with Crippen LogP contribution < -0.4 is 4.90 Å². The van der Waals surface area contributed by atoms with Gasteiger partial charge in [0.25, 0.3) is 0 Å². The normalized spacial score (nSPS) is 20.6. The van der Waals surface area contributed by atoms with E-state index in [0.29, 0.717) is 6.04 Å². The van der Waals surface area contributed by atoms with Gasteiger partial charge in [-0.1, -0.05) is 24.3 Å². The van der Waals surface area contributed by atoms with Crippen LogP contribution in [0.15, 0.2) is 30.3 Å². The lowest BCUT2D eigenvalue weighted by Gasteiger charge is -2.38. The molecular weight excluding hydrogens is 250 g/mol. The number of hydrogen-bond donors (Lipinski definition) is 1. The van der Waals surface area contributed by atoms with Crippen molar-refractivity contribution in [1.29, 1.82) is 0 Å². The lowest BCUT2D eigenvalue weighted by molar-refractivity contribution is 0.233. The van der Waals surface area contributed by atoms with Crippen LogP contribution in [0.5, 0.6) is 0 Å². The number of piperazine rings is 1. The molecule has 2 heterocycles. The van der Waals surface area contributed by atoms with Crippen LogP contribution >= 0.6 is 0 Å². The Hall–Kier alpha value is -1.65. The number of hydrogen-bond acceptors (Lipinski definition) is 4. The monoisotopic (exact) mass is 271 g/mol. The van der Waals surface area contributed by atoms with Gasteiger partial charge >= 0.3 is 0 Å². The number of pyridine rings is 1. The molecule has 1 unspecified atom stereocenters. The summed E-state index contributed by atoms with van der Waals surface area (Å²) in [4.78, 5) is 9.37. The Morgan fingerprint density at radius 1 is 1.30 bits per heavy atom. The van der Waals surface area contributed by atoms with E-state index in [2.05, 4.69) is 40.9 Å². The van der Waals surface area contributed by atoms with Crippen LogP contribution in [-0.2, 0) is 6.61 Å². The third-order valence-corrected chi connectivity index (χ3v) is 4.19. The lowest BCUT2D eigenvalue weighted by Crippen LogP contribution is -2.50. The van der Waals surface area contributed by atoms with Crippen LogP contribution in [-0.4, -0.2) is 47.7 Å². The smallest absolute Gasteiger partial charge is 0.136 e. The molecule has 20 heavy (non-hydrogen) atoms. The number of aliphatic hydroxyl groups is 1. The van der Waals surface area contributed by atoms with Crippen LogP contribution in [0.3, 0.4) is 0 Å². The van der Waals surface area contributed by atoms with Crippen molar-refractivity contribution in [3.05, 3.63) is 36.0 Å². The van der Waals surface area contributed by atoms with Crippen molar-refractivity contribution in [2.75, 3.05) is 31.6 Å². The third kappa shape index (κ3) is 2.37. The van der Waals surface area contributed by atoms with Crippen LogP contribution in [0, 0.1) is 0 Å². The third-order valence-electron chi connectivity index (χ3n) is 4.19. The molecule has 1 N–H and O–H groups in total. The van der Waals surface area contributed by atoms with Crippen molar-refractivity contribution in [1.82, 2.24) is 9.88 Å². The van der Waals surface area contributed by atoms with Crippen molar-refractivity contribution >= 4 is 16.6 Å². The zero-order valence-corrected chi connectivity index (χ0v) is 12.1. The fourth-order valence-corrected chi connectivity index (χ4v) is 2.80. The summed E-state index contributed by atoms with van der Waals surface area (Å²) >= 11 is 0. The number of aromatic nitrogens is 1. The van der Waals surface area contributed by atoms with E-state index in [9.17, 15) is 5.11 Å². The molecule has 1 fully saturated rings. The first kappa shape index (κ1) is 13.3. The molecule has 1 aromatic heterocycles. The van der Waals surface area contributed by atoms with Gasteiger partial charge in [0.15, 0.2) is 0 Å². The van der Waals surface area contributed by atoms with Crippen molar-refractivity contribution in [3.8, 4) is 0 Å². The Bertz CT molecular complexity index is 614. The Morgan fingerprint density at radius 3 is 2.85 bits per heavy atom. The molecule has 0 spiro atoms. The van der Waals surface area contributed by atoms with Gasteiger partial charge < -0.3 is 14.9 Å². The van der Waals surface area contributed by atoms with Crippen LogP contribution in [0.25, 0.3) is 10.8 Å². The zero-order valence-electron chi connectivity index (χ0n) is 12.1. The highest BCUT2D eigenvalue weighted by atomic mass is 16.3. The summed E-state index contributed by atoms with van der Waals surface area (Å²) in [6, 6.07) is 10.8. The molecule has 1 aliphatic rings. The number of aliphatic hydroxyl groups excluding tert-OH is 1.